The van der Waals surface area contributed by atoms with Crippen LogP contribution in [0.15, 0.2) is 42.5 Å². The monoisotopic (exact) mass is 426 g/mol. The summed E-state index contributed by atoms with van der Waals surface area (Å²) in [5.41, 5.74) is 1.04. The predicted octanol–water partition coefficient (Wildman–Crippen LogP) is 3.00. The topological polar surface area (TPSA) is 84.9 Å². The summed E-state index contributed by atoms with van der Waals surface area (Å²) in [6.45, 7) is 1.40. The van der Waals surface area contributed by atoms with Gasteiger partial charge in [-0.05, 0) is 36.8 Å². The van der Waals surface area contributed by atoms with Gasteiger partial charge in [0.1, 0.15) is 6.54 Å². The second kappa shape index (κ2) is 9.16. The van der Waals surface area contributed by atoms with Crippen molar-refractivity contribution in [2.45, 2.75) is 13.0 Å². The van der Waals surface area contributed by atoms with Gasteiger partial charge in [-0.1, -0.05) is 29.8 Å². The summed E-state index contributed by atoms with van der Waals surface area (Å²) in [4.78, 5) is 12.5. The maximum absolute atomic E-state index is 12.5. The molecule has 9 heteroatoms. The molecule has 2 rings (SSSR count). The number of para-hydroxylation sites is 1. The van der Waals surface area contributed by atoms with E-state index in [-0.39, 0.29) is 23.3 Å². The lowest BCUT2D eigenvalue weighted by Gasteiger charge is -2.24. The molecule has 0 aliphatic carbocycles. The maximum Gasteiger partial charge on any atom is 0.241 e. The smallest absolute Gasteiger partial charge is 0.241 e. The number of nitrogens with one attached hydrogen (secondary N) is 1. The predicted molar refractivity (Wildman–Crippen MR) is 110 cm³/mol. The summed E-state index contributed by atoms with van der Waals surface area (Å²) in [6, 6.07) is 11.4. The minimum absolute atomic E-state index is 0.244. The number of rotatable bonds is 8. The van der Waals surface area contributed by atoms with E-state index in [1.165, 1.54) is 14.2 Å². The fourth-order valence-electron chi connectivity index (χ4n) is 2.66. The highest BCUT2D eigenvalue weighted by molar-refractivity contribution is 7.92. The molecule has 0 radical (unpaired) electrons. The molecule has 0 aromatic heterocycles. The first-order chi connectivity index (χ1) is 13.2. The number of anilines is 1. The Morgan fingerprint density at radius 1 is 1.14 bits per heavy atom. The van der Waals surface area contributed by atoms with Crippen molar-refractivity contribution < 1.29 is 22.7 Å². The van der Waals surface area contributed by atoms with Crippen LogP contribution in [0.25, 0.3) is 0 Å². The number of amides is 1. The molecule has 1 amide bonds. The number of benzene rings is 2. The summed E-state index contributed by atoms with van der Waals surface area (Å²) in [7, 11) is -0.639. The van der Waals surface area contributed by atoms with E-state index < -0.39 is 15.9 Å². The van der Waals surface area contributed by atoms with Gasteiger partial charge < -0.3 is 14.8 Å². The quantitative estimate of drug-likeness (QED) is 0.701. The lowest BCUT2D eigenvalue weighted by Crippen LogP contribution is -2.41. The molecule has 0 saturated heterocycles. The molecule has 0 spiro atoms. The van der Waals surface area contributed by atoms with Gasteiger partial charge >= 0.3 is 0 Å². The van der Waals surface area contributed by atoms with Crippen LogP contribution in [0.5, 0.6) is 11.5 Å². The van der Waals surface area contributed by atoms with Crippen molar-refractivity contribution in [3.63, 3.8) is 0 Å². The number of halogens is 1. The molecule has 1 N–H and O–H groups in total. The van der Waals surface area contributed by atoms with Gasteiger partial charge in [0.05, 0.1) is 37.2 Å². The van der Waals surface area contributed by atoms with Crippen LogP contribution in [0.4, 0.5) is 5.69 Å². The van der Waals surface area contributed by atoms with E-state index in [1.807, 2.05) is 0 Å². The number of methoxy groups -OCH3 is 2. The Morgan fingerprint density at radius 3 is 2.36 bits per heavy atom. The molecule has 0 aliphatic rings. The van der Waals surface area contributed by atoms with Crippen molar-refractivity contribution in [3.05, 3.63) is 53.1 Å². The fourth-order valence-corrected chi connectivity index (χ4v) is 3.81. The fraction of sp³-hybridized carbons (Fsp3) is 0.316. The van der Waals surface area contributed by atoms with Gasteiger partial charge in [-0.25, -0.2) is 8.42 Å². The number of hydrogen-bond donors (Lipinski definition) is 1. The molecule has 0 heterocycles. The van der Waals surface area contributed by atoms with E-state index in [9.17, 15) is 13.2 Å². The number of carbonyl (C=O) groups excluding carboxylic acids is 1. The molecule has 152 valence electrons. The molecule has 0 saturated carbocycles. The first-order valence-corrected chi connectivity index (χ1v) is 10.6. The molecule has 1 atom stereocenters. The van der Waals surface area contributed by atoms with Crippen molar-refractivity contribution in [2.24, 2.45) is 0 Å². The first kappa shape index (κ1) is 21.8. The van der Waals surface area contributed by atoms with E-state index in [2.05, 4.69) is 5.32 Å². The largest absolute Gasteiger partial charge is 0.493 e. The highest BCUT2D eigenvalue weighted by atomic mass is 35.5. The van der Waals surface area contributed by atoms with Gasteiger partial charge in [0.25, 0.3) is 0 Å². The zero-order valence-corrected chi connectivity index (χ0v) is 17.7. The highest BCUT2D eigenvalue weighted by Gasteiger charge is 2.23. The van der Waals surface area contributed by atoms with Gasteiger partial charge in [0.15, 0.2) is 11.5 Å². The molecule has 0 bridgehead atoms. The summed E-state index contributed by atoms with van der Waals surface area (Å²) >= 11 is 6.11. The molecule has 0 fully saturated rings. The Balaban J connectivity index is 2.18. The van der Waals surface area contributed by atoms with Gasteiger partial charge in [0, 0.05) is 0 Å². The van der Waals surface area contributed by atoms with Crippen molar-refractivity contribution >= 4 is 33.2 Å². The molecule has 2 aromatic carbocycles. The third-order valence-electron chi connectivity index (χ3n) is 4.09. The summed E-state index contributed by atoms with van der Waals surface area (Å²) in [6.07, 6.45) is 1.03. The lowest BCUT2D eigenvalue weighted by molar-refractivity contribution is -0.120. The summed E-state index contributed by atoms with van der Waals surface area (Å²) in [5.74, 6) is 0.648. The van der Waals surface area contributed by atoms with Crippen molar-refractivity contribution in [1.82, 2.24) is 5.32 Å². The Morgan fingerprint density at radius 2 is 1.79 bits per heavy atom. The van der Waals surface area contributed by atoms with Crippen LogP contribution in [-0.4, -0.2) is 41.3 Å². The van der Waals surface area contributed by atoms with Crippen LogP contribution < -0.4 is 19.1 Å². The second-order valence-electron chi connectivity index (χ2n) is 6.12. The standard InChI is InChI=1S/C19H23ClN2O5S/c1-13(14-9-10-17(26-2)18(11-14)27-3)21-19(23)12-22(28(4,24)25)16-8-6-5-7-15(16)20/h5-11,13H,12H2,1-4H3,(H,21,23). The van der Waals surface area contributed by atoms with E-state index in [0.717, 1.165) is 16.1 Å². The number of ether oxygens (including phenoxy) is 2. The molecular formula is C19H23ClN2O5S. The Labute approximate surface area is 170 Å². The maximum atomic E-state index is 12.5. The van der Waals surface area contributed by atoms with Gasteiger partial charge in [-0.2, -0.15) is 0 Å². The van der Waals surface area contributed by atoms with E-state index in [0.29, 0.717) is 11.5 Å². The average Bonchev–Trinajstić information content (AvgIpc) is 2.65. The minimum atomic E-state index is -3.70. The van der Waals surface area contributed by atoms with Crippen LogP contribution in [0.2, 0.25) is 5.02 Å². The Kier molecular flexibility index (Phi) is 7.15. The SMILES string of the molecule is COc1ccc(C(C)NC(=O)CN(c2ccccc2Cl)S(C)(=O)=O)cc1OC. The van der Waals surface area contributed by atoms with Crippen LogP contribution in [-0.2, 0) is 14.8 Å². The first-order valence-electron chi connectivity index (χ1n) is 8.41. The molecule has 1 unspecified atom stereocenters. The summed E-state index contributed by atoms with van der Waals surface area (Å²) in [5, 5.41) is 3.04. The third kappa shape index (κ3) is 5.30. The Hall–Kier alpha value is -2.45. The van der Waals surface area contributed by atoms with Crippen LogP contribution in [0.3, 0.4) is 0 Å². The summed E-state index contributed by atoms with van der Waals surface area (Å²) < 4.78 is 35.8. The molecule has 28 heavy (non-hydrogen) atoms. The third-order valence-corrected chi connectivity index (χ3v) is 5.54. The van der Waals surface area contributed by atoms with Crippen LogP contribution in [0, 0.1) is 0 Å². The van der Waals surface area contributed by atoms with Gasteiger partial charge in [0.2, 0.25) is 15.9 Å². The average molecular weight is 427 g/mol. The van der Waals surface area contributed by atoms with Crippen LogP contribution in [0.1, 0.15) is 18.5 Å². The molecule has 7 nitrogen and oxygen atoms in total. The highest BCUT2D eigenvalue weighted by Crippen LogP contribution is 2.30. The van der Waals surface area contributed by atoms with Crippen molar-refractivity contribution in [3.8, 4) is 11.5 Å². The number of hydrogen-bond acceptors (Lipinski definition) is 5. The normalized spacial score (nSPS) is 12.2. The van der Waals surface area contributed by atoms with E-state index in [4.69, 9.17) is 21.1 Å². The molecule has 2 aromatic rings. The van der Waals surface area contributed by atoms with E-state index >= 15 is 0 Å². The zero-order chi connectivity index (χ0) is 20.9. The second-order valence-corrected chi connectivity index (χ2v) is 8.44. The lowest BCUT2D eigenvalue weighted by atomic mass is 10.1. The zero-order valence-electron chi connectivity index (χ0n) is 16.1. The Bertz CT molecular complexity index is 949. The van der Waals surface area contributed by atoms with Gasteiger partial charge in [-0.15, -0.1) is 0 Å². The molecule has 0 aliphatic heterocycles. The van der Waals surface area contributed by atoms with Gasteiger partial charge in [-0.3, -0.25) is 9.10 Å². The van der Waals surface area contributed by atoms with Crippen LogP contribution >= 0.6 is 11.6 Å². The number of nitrogens with zero attached hydrogens (tertiary/aromatic N) is 1. The minimum Gasteiger partial charge on any atom is -0.493 e. The number of sulfonamides is 1. The van der Waals surface area contributed by atoms with Crippen molar-refractivity contribution in [1.29, 1.82) is 0 Å². The van der Waals surface area contributed by atoms with Crippen molar-refractivity contribution in [2.75, 3.05) is 31.3 Å². The number of carbonyl (C=O) groups is 1. The van der Waals surface area contributed by atoms with E-state index in [1.54, 1.807) is 49.4 Å². The molecular weight excluding hydrogens is 404 g/mol.